The molecule has 4 aliphatic carbocycles. The van der Waals surface area contributed by atoms with E-state index in [0.29, 0.717) is 24.2 Å². The summed E-state index contributed by atoms with van der Waals surface area (Å²) in [5.41, 5.74) is 5.29. The number of nitrogens with zero attached hydrogens (tertiary/aromatic N) is 2. The van der Waals surface area contributed by atoms with Crippen molar-refractivity contribution in [2.24, 2.45) is 57.5 Å². The van der Waals surface area contributed by atoms with E-state index >= 15 is 0 Å². The van der Waals surface area contributed by atoms with Crippen LogP contribution in [0.15, 0.2) is 10.2 Å². The number of rotatable bonds is 9. The smallest absolute Gasteiger partial charge is 0.252 e. The van der Waals surface area contributed by atoms with Crippen molar-refractivity contribution < 1.29 is 9.59 Å². The van der Waals surface area contributed by atoms with Crippen LogP contribution < -0.4 is 10.9 Å². The lowest BCUT2D eigenvalue weighted by atomic mass is 9.90. The Balaban J connectivity index is 1.28. The summed E-state index contributed by atoms with van der Waals surface area (Å²) in [4.78, 5) is 25.4. The van der Waals surface area contributed by atoms with Gasteiger partial charge in [-0.1, -0.05) is 26.7 Å². The minimum absolute atomic E-state index is 0.317. The molecule has 0 aromatic rings. The van der Waals surface area contributed by atoms with Gasteiger partial charge in [0.2, 0.25) is 0 Å². The number of hydrogen-bond donors (Lipinski definition) is 2. The molecule has 0 aromatic carbocycles. The number of fused-ring (bicyclic) bond motifs is 4. The zero-order valence-electron chi connectivity index (χ0n) is 18.6. The monoisotopic (exact) mass is 414 g/mol. The van der Waals surface area contributed by atoms with Crippen LogP contribution in [0, 0.1) is 47.3 Å². The highest BCUT2D eigenvalue weighted by atomic mass is 16.2. The van der Waals surface area contributed by atoms with E-state index in [0.717, 1.165) is 30.1 Å². The van der Waals surface area contributed by atoms with Crippen LogP contribution in [0.4, 0.5) is 0 Å². The molecule has 0 heterocycles. The summed E-state index contributed by atoms with van der Waals surface area (Å²) >= 11 is 0. The van der Waals surface area contributed by atoms with E-state index in [-0.39, 0.29) is 11.8 Å². The second-order valence-corrected chi connectivity index (χ2v) is 10.7. The van der Waals surface area contributed by atoms with Crippen molar-refractivity contribution in [3.8, 4) is 0 Å². The summed E-state index contributed by atoms with van der Waals surface area (Å²) in [6.07, 6.45) is 15.4. The molecule has 0 aromatic heterocycles. The van der Waals surface area contributed by atoms with Gasteiger partial charge in [0.05, 0.1) is 0 Å². The Kier molecular flexibility index (Phi) is 6.89. The minimum Gasteiger partial charge on any atom is -0.272 e. The highest BCUT2D eigenvalue weighted by Crippen LogP contribution is 2.48. The van der Waals surface area contributed by atoms with Crippen molar-refractivity contribution in [3.63, 3.8) is 0 Å². The van der Waals surface area contributed by atoms with Crippen LogP contribution in [0.2, 0.25) is 0 Å². The highest BCUT2D eigenvalue weighted by Gasteiger charge is 2.39. The quantitative estimate of drug-likeness (QED) is 0.338. The van der Waals surface area contributed by atoms with Crippen LogP contribution >= 0.6 is 0 Å². The van der Waals surface area contributed by atoms with E-state index in [9.17, 15) is 9.59 Å². The number of carbonyl (C=O) groups excluding carboxylic acids is 2. The number of carbonyl (C=O) groups is 2. The van der Waals surface area contributed by atoms with Gasteiger partial charge in [-0.05, 0) is 92.8 Å². The fourth-order valence-electron chi connectivity index (χ4n) is 6.38. The average Bonchev–Trinajstić information content (AvgIpc) is 3.49. The van der Waals surface area contributed by atoms with Gasteiger partial charge in [-0.3, -0.25) is 9.59 Å². The Morgan fingerprint density at radius 2 is 1.30 bits per heavy atom. The first kappa shape index (κ1) is 21.5. The maximum atomic E-state index is 12.7. The summed E-state index contributed by atoms with van der Waals surface area (Å²) in [7, 11) is 0. The molecule has 0 aliphatic heterocycles. The molecule has 7 atom stereocenters. The second kappa shape index (κ2) is 9.61. The predicted molar refractivity (Wildman–Crippen MR) is 119 cm³/mol. The van der Waals surface area contributed by atoms with Crippen LogP contribution in [0.3, 0.4) is 0 Å². The molecule has 6 nitrogen and oxygen atoms in total. The molecule has 1 unspecified atom stereocenters. The molecule has 4 bridgehead atoms. The van der Waals surface area contributed by atoms with Gasteiger partial charge >= 0.3 is 0 Å². The molecule has 2 N–H and O–H groups in total. The Bertz CT molecular complexity index is 637. The van der Waals surface area contributed by atoms with Crippen molar-refractivity contribution >= 4 is 24.2 Å². The van der Waals surface area contributed by atoms with E-state index in [1.165, 1.54) is 51.4 Å². The van der Waals surface area contributed by atoms with E-state index in [1.807, 2.05) is 12.4 Å². The molecule has 2 amide bonds. The Labute approximate surface area is 180 Å². The second-order valence-electron chi connectivity index (χ2n) is 10.7. The summed E-state index contributed by atoms with van der Waals surface area (Å²) in [5, 5.41) is 8.46. The van der Waals surface area contributed by atoms with E-state index in [2.05, 4.69) is 34.9 Å². The third-order valence-corrected chi connectivity index (χ3v) is 8.13. The zero-order chi connectivity index (χ0) is 21.1. The molecule has 30 heavy (non-hydrogen) atoms. The molecular formula is C24H38N4O2. The van der Waals surface area contributed by atoms with E-state index in [1.54, 1.807) is 0 Å². The fraction of sp³-hybridized carbons (Fsp3) is 0.833. The van der Waals surface area contributed by atoms with Gasteiger partial charge in [0.1, 0.15) is 5.92 Å². The SMILES string of the molecule is CC(C)CCC(C(=O)N/N=C\[C@@H]1C[C@H]2CC[C@@H]1C2)C(=O)N/N=C\[C@H]1C[C@H]2CC[C@H]1C2. The predicted octanol–water partition coefficient (Wildman–Crippen LogP) is 4.12. The van der Waals surface area contributed by atoms with Crippen molar-refractivity contribution in [3.05, 3.63) is 0 Å². The first-order valence-electron chi connectivity index (χ1n) is 12.2. The molecule has 4 fully saturated rings. The summed E-state index contributed by atoms with van der Waals surface area (Å²) in [6, 6.07) is 0. The summed E-state index contributed by atoms with van der Waals surface area (Å²) in [5.74, 6) is 3.18. The number of hydrogen-bond acceptors (Lipinski definition) is 4. The topological polar surface area (TPSA) is 82.9 Å². The Morgan fingerprint density at radius 3 is 1.67 bits per heavy atom. The van der Waals surface area contributed by atoms with Crippen LogP contribution in [0.1, 0.15) is 78.1 Å². The van der Waals surface area contributed by atoms with Crippen LogP contribution in [0.25, 0.3) is 0 Å². The van der Waals surface area contributed by atoms with Crippen LogP contribution in [-0.2, 0) is 9.59 Å². The Morgan fingerprint density at radius 1 is 0.800 bits per heavy atom. The molecule has 166 valence electrons. The van der Waals surface area contributed by atoms with Gasteiger partial charge in [0, 0.05) is 12.4 Å². The van der Waals surface area contributed by atoms with Gasteiger partial charge in [-0.2, -0.15) is 10.2 Å². The minimum atomic E-state index is -0.748. The number of amides is 2. The van der Waals surface area contributed by atoms with Gasteiger partial charge in [0.15, 0.2) is 0 Å². The standard InChI is InChI=1S/C24H38N4O2/c1-15(2)3-8-22(23(29)27-25-13-20-11-16-4-6-18(20)9-16)24(30)28-26-14-21-12-17-5-7-19(21)10-17/h13-22H,3-12H2,1-2H3,(H,27,29)(H,28,30)/b25-13-,26-14-/t16-,17-,18-,19+,20+,21-,22?/m0/s1. The van der Waals surface area contributed by atoms with Crippen molar-refractivity contribution in [1.29, 1.82) is 0 Å². The third-order valence-electron chi connectivity index (χ3n) is 8.13. The summed E-state index contributed by atoms with van der Waals surface area (Å²) < 4.78 is 0. The lowest BCUT2D eigenvalue weighted by Crippen LogP contribution is -2.38. The largest absolute Gasteiger partial charge is 0.272 e. The third kappa shape index (κ3) is 5.12. The van der Waals surface area contributed by atoms with Crippen molar-refractivity contribution in [2.75, 3.05) is 0 Å². The van der Waals surface area contributed by atoms with Gasteiger partial charge < -0.3 is 0 Å². The molecule has 4 rings (SSSR count). The van der Waals surface area contributed by atoms with Gasteiger partial charge in [0.25, 0.3) is 11.8 Å². The lowest BCUT2D eigenvalue weighted by Gasteiger charge is -2.18. The maximum absolute atomic E-state index is 12.7. The van der Waals surface area contributed by atoms with Crippen LogP contribution in [0.5, 0.6) is 0 Å². The van der Waals surface area contributed by atoms with E-state index in [4.69, 9.17) is 0 Å². The van der Waals surface area contributed by atoms with Crippen molar-refractivity contribution in [1.82, 2.24) is 10.9 Å². The molecule has 4 saturated carbocycles. The highest BCUT2D eigenvalue weighted by molar-refractivity contribution is 6.00. The van der Waals surface area contributed by atoms with E-state index < -0.39 is 5.92 Å². The first-order chi connectivity index (χ1) is 14.5. The summed E-state index contributed by atoms with van der Waals surface area (Å²) in [6.45, 7) is 4.21. The van der Waals surface area contributed by atoms with Crippen LogP contribution in [-0.4, -0.2) is 24.2 Å². The molecular weight excluding hydrogens is 376 g/mol. The first-order valence-corrected chi connectivity index (χ1v) is 12.2. The number of nitrogens with one attached hydrogen (secondary N) is 2. The van der Waals surface area contributed by atoms with Gasteiger partial charge in [-0.15, -0.1) is 0 Å². The fourth-order valence-corrected chi connectivity index (χ4v) is 6.38. The molecule has 0 saturated heterocycles. The number of hydrazone groups is 2. The lowest BCUT2D eigenvalue weighted by molar-refractivity contribution is -0.135. The zero-order valence-corrected chi connectivity index (χ0v) is 18.6. The molecule has 6 heteroatoms. The van der Waals surface area contributed by atoms with Gasteiger partial charge in [-0.25, -0.2) is 10.9 Å². The maximum Gasteiger partial charge on any atom is 0.252 e. The van der Waals surface area contributed by atoms with Crippen molar-refractivity contribution in [2.45, 2.75) is 78.1 Å². The molecule has 0 radical (unpaired) electrons. The Hall–Kier alpha value is -1.72. The molecule has 0 spiro atoms. The molecule has 4 aliphatic rings. The normalized spacial score (nSPS) is 35.7. The average molecular weight is 415 g/mol.